The summed E-state index contributed by atoms with van der Waals surface area (Å²) in [6.07, 6.45) is 4.86. The Morgan fingerprint density at radius 2 is 2.37 bits per heavy atom. The largest absolute Gasteiger partial charge is 0.354 e. The number of rotatable bonds is 4. The van der Waals surface area contributed by atoms with Gasteiger partial charge in [-0.15, -0.1) is 0 Å². The van der Waals surface area contributed by atoms with Gasteiger partial charge in [0.2, 0.25) is 5.91 Å². The van der Waals surface area contributed by atoms with Gasteiger partial charge in [-0.3, -0.25) is 10.1 Å². The van der Waals surface area contributed by atoms with Gasteiger partial charge in [0.05, 0.1) is 23.8 Å². The Bertz CT molecular complexity index is 476. The van der Waals surface area contributed by atoms with Crippen molar-refractivity contribution in [2.75, 3.05) is 6.54 Å². The van der Waals surface area contributed by atoms with Crippen LogP contribution in [0.5, 0.6) is 0 Å². The lowest BCUT2D eigenvalue weighted by Crippen LogP contribution is -2.49. The third kappa shape index (κ3) is 2.39. The van der Waals surface area contributed by atoms with Crippen molar-refractivity contribution in [1.82, 2.24) is 20.6 Å². The Balaban J connectivity index is 1.55. The number of aromatic amines is 1. The standard InChI is InChI=1S/C14H22N4O/c1-9(2)14(3-4-14)7-16-13(19)11-5-10-12(6-15-11)18-8-17-10/h8-9,11,15H,3-7H2,1-2H3,(H,16,19)(H,17,18). The molecule has 1 amide bonds. The Morgan fingerprint density at radius 3 is 3.05 bits per heavy atom. The van der Waals surface area contributed by atoms with E-state index in [1.807, 2.05) is 0 Å². The zero-order chi connectivity index (χ0) is 13.5. The second kappa shape index (κ2) is 4.63. The van der Waals surface area contributed by atoms with E-state index in [1.54, 1.807) is 6.33 Å². The summed E-state index contributed by atoms with van der Waals surface area (Å²) in [5, 5.41) is 6.38. The number of nitrogens with one attached hydrogen (secondary N) is 3. The molecule has 2 aliphatic rings. The van der Waals surface area contributed by atoms with Crippen LogP contribution in [0.1, 0.15) is 38.1 Å². The van der Waals surface area contributed by atoms with Crippen molar-refractivity contribution in [1.29, 1.82) is 0 Å². The summed E-state index contributed by atoms with van der Waals surface area (Å²) in [5.74, 6) is 0.755. The number of aromatic nitrogens is 2. The summed E-state index contributed by atoms with van der Waals surface area (Å²) in [6, 6.07) is -0.140. The summed E-state index contributed by atoms with van der Waals surface area (Å²) < 4.78 is 0. The van der Waals surface area contributed by atoms with Crippen LogP contribution in [0.3, 0.4) is 0 Å². The van der Waals surface area contributed by atoms with E-state index in [2.05, 4.69) is 34.4 Å². The minimum absolute atomic E-state index is 0.112. The molecule has 0 bridgehead atoms. The fraction of sp³-hybridized carbons (Fsp3) is 0.714. The van der Waals surface area contributed by atoms with Gasteiger partial charge in [0.25, 0.3) is 0 Å². The van der Waals surface area contributed by atoms with Gasteiger partial charge in [0.15, 0.2) is 0 Å². The predicted octanol–water partition coefficient (Wildman–Crippen LogP) is 0.976. The van der Waals surface area contributed by atoms with Gasteiger partial charge in [0, 0.05) is 19.5 Å². The molecule has 1 aliphatic carbocycles. The average molecular weight is 262 g/mol. The van der Waals surface area contributed by atoms with Crippen LogP contribution >= 0.6 is 0 Å². The molecule has 1 aromatic heterocycles. The van der Waals surface area contributed by atoms with Crippen LogP contribution in [-0.2, 0) is 17.8 Å². The van der Waals surface area contributed by atoms with Crippen LogP contribution in [0.2, 0.25) is 0 Å². The van der Waals surface area contributed by atoms with Crippen LogP contribution < -0.4 is 10.6 Å². The molecule has 0 aromatic carbocycles. The topological polar surface area (TPSA) is 69.8 Å². The van der Waals surface area contributed by atoms with Gasteiger partial charge in [0.1, 0.15) is 0 Å². The Labute approximate surface area is 113 Å². The lowest BCUT2D eigenvalue weighted by atomic mass is 9.92. The van der Waals surface area contributed by atoms with Gasteiger partial charge >= 0.3 is 0 Å². The number of amides is 1. The third-order valence-corrected chi connectivity index (χ3v) is 4.78. The summed E-state index contributed by atoms with van der Waals surface area (Å²) in [7, 11) is 0. The SMILES string of the molecule is CC(C)C1(CNC(=O)C2Cc3nc[nH]c3CN2)CC1. The maximum atomic E-state index is 12.2. The van der Waals surface area contributed by atoms with Crippen molar-refractivity contribution in [3.8, 4) is 0 Å². The molecule has 19 heavy (non-hydrogen) atoms. The highest BCUT2D eigenvalue weighted by Crippen LogP contribution is 2.51. The fourth-order valence-corrected chi connectivity index (χ4v) is 2.86. The smallest absolute Gasteiger partial charge is 0.237 e. The Morgan fingerprint density at radius 1 is 1.58 bits per heavy atom. The minimum atomic E-state index is -0.140. The maximum Gasteiger partial charge on any atom is 0.237 e. The molecular formula is C14H22N4O. The number of carbonyl (C=O) groups excluding carboxylic acids is 1. The molecule has 1 atom stereocenters. The summed E-state index contributed by atoms with van der Waals surface area (Å²) in [6.45, 7) is 6.00. The minimum Gasteiger partial charge on any atom is -0.354 e. The molecule has 1 aromatic rings. The molecule has 0 saturated heterocycles. The van der Waals surface area contributed by atoms with Crippen LogP contribution in [0.4, 0.5) is 0 Å². The molecule has 1 fully saturated rings. The van der Waals surface area contributed by atoms with Crippen molar-refractivity contribution in [2.45, 2.75) is 45.7 Å². The molecule has 5 nitrogen and oxygen atoms in total. The lowest BCUT2D eigenvalue weighted by molar-refractivity contribution is -0.123. The Kier molecular flexibility index (Phi) is 3.09. The normalized spacial score (nSPS) is 24.1. The van der Waals surface area contributed by atoms with Crippen LogP contribution in [0.15, 0.2) is 6.33 Å². The zero-order valence-corrected chi connectivity index (χ0v) is 11.6. The van der Waals surface area contributed by atoms with Crippen LogP contribution in [0.25, 0.3) is 0 Å². The summed E-state index contributed by atoms with van der Waals surface area (Å²) >= 11 is 0. The first-order valence-corrected chi connectivity index (χ1v) is 7.13. The van der Waals surface area contributed by atoms with Crippen molar-refractivity contribution < 1.29 is 4.79 Å². The van der Waals surface area contributed by atoms with E-state index in [4.69, 9.17) is 0 Å². The number of hydrogen-bond acceptors (Lipinski definition) is 3. The molecule has 1 unspecified atom stereocenters. The average Bonchev–Trinajstić information content (AvgIpc) is 3.06. The molecule has 3 N–H and O–H groups in total. The highest BCUT2D eigenvalue weighted by molar-refractivity contribution is 5.82. The van der Waals surface area contributed by atoms with Crippen molar-refractivity contribution in [3.05, 3.63) is 17.7 Å². The molecular weight excluding hydrogens is 240 g/mol. The first-order valence-electron chi connectivity index (χ1n) is 7.13. The van der Waals surface area contributed by atoms with Gasteiger partial charge in [-0.1, -0.05) is 13.8 Å². The number of fused-ring (bicyclic) bond motifs is 1. The molecule has 0 spiro atoms. The molecule has 2 heterocycles. The van der Waals surface area contributed by atoms with E-state index in [9.17, 15) is 4.79 Å². The summed E-state index contributed by atoms with van der Waals surface area (Å²) in [4.78, 5) is 19.6. The van der Waals surface area contributed by atoms with Gasteiger partial charge in [-0.2, -0.15) is 0 Å². The fourth-order valence-electron chi connectivity index (χ4n) is 2.86. The van der Waals surface area contributed by atoms with E-state index >= 15 is 0 Å². The molecule has 0 radical (unpaired) electrons. The van der Waals surface area contributed by atoms with Gasteiger partial charge in [-0.25, -0.2) is 4.98 Å². The number of nitrogens with zero attached hydrogens (tertiary/aromatic N) is 1. The van der Waals surface area contributed by atoms with E-state index in [0.717, 1.165) is 17.9 Å². The summed E-state index contributed by atoms with van der Waals surface area (Å²) in [5.41, 5.74) is 2.48. The van der Waals surface area contributed by atoms with E-state index in [1.165, 1.54) is 12.8 Å². The quantitative estimate of drug-likeness (QED) is 0.757. The van der Waals surface area contributed by atoms with Crippen LogP contribution in [0, 0.1) is 11.3 Å². The number of hydrogen-bond donors (Lipinski definition) is 3. The second-order valence-electron chi connectivity index (χ2n) is 6.20. The number of H-pyrrole nitrogens is 1. The lowest BCUT2D eigenvalue weighted by Gasteiger charge is -2.25. The molecule has 1 saturated carbocycles. The van der Waals surface area contributed by atoms with Crippen molar-refractivity contribution in [2.24, 2.45) is 11.3 Å². The molecule has 1 aliphatic heterocycles. The second-order valence-corrected chi connectivity index (χ2v) is 6.20. The number of carbonyl (C=O) groups is 1. The monoisotopic (exact) mass is 262 g/mol. The van der Waals surface area contributed by atoms with Crippen molar-refractivity contribution in [3.63, 3.8) is 0 Å². The number of imidazole rings is 1. The van der Waals surface area contributed by atoms with E-state index in [0.29, 0.717) is 24.3 Å². The highest BCUT2D eigenvalue weighted by Gasteiger charge is 2.45. The first kappa shape index (κ1) is 12.7. The van der Waals surface area contributed by atoms with Gasteiger partial charge < -0.3 is 10.3 Å². The Hall–Kier alpha value is -1.36. The zero-order valence-electron chi connectivity index (χ0n) is 11.6. The van der Waals surface area contributed by atoms with E-state index in [-0.39, 0.29) is 11.9 Å². The third-order valence-electron chi connectivity index (χ3n) is 4.78. The predicted molar refractivity (Wildman–Crippen MR) is 72.4 cm³/mol. The first-order chi connectivity index (χ1) is 9.11. The van der Waals surface area contributed by atoms with Crippen molar-refractivity contribution >= 4 is 5.91 Å². The molecule has 3 rings (SSSR count). The highest BCUT2D eigenvalue weighted by atomic mass is 16.2. The molecule has 104 valence electrons. The van der Waals surface area contributed by atoms with Gasteiger partial charge in [-0.05, 0) is 24.2 Å². The van der Waals surface area contributed by atoms with E-state index < -0.39 is 0 Å². The maximum absolute atomic E-state index is 12.2. The molecule has 5 heteroatoms. The van der Waals surface area contributed by atoms with Crippen LogP contribution in [-0.4, -0.2) is 28.5 Å².